The highest BCUT2D eigenvalue weighted by molar-refractivity contribution is 5.71. The van der Waals surface area contributed by atoms with E-state index >= 15 is 0 Å². The summed E-state index contributed by atoms with van der Waals surface area (Å²) in [6.07, 6.45) is 62.8. The molecule has 0 aliphatic carbocycles. The number of unbranched alkanes of at least 4 members (excludes halogenated alkanes) is 34. The zero-order valence-electron chi connectivity index (χ0n) is 42.8. The van der Waals surface area contributed by atoms with Gasteiger partial charge in [-0.1, -0.05) is 263 Å². The Morgan fingerprint density at radius 1 is 0.328 bits per heavy atom. The van der Waals surface area contributed by atoms with Crippen molar-refractivity contribution in [2.45, 2.75) is 303 Å². The number of hydrogen-bond acceptors (Lipinski definition) is 6. The van der Waals surface area contributed by atoms with Gasteiger partial charge in [0.2, 0.25) is 0 Å². The number of carbonyl (C=O) groups is 3. The predicted octanol–water partition coefficient (Wildman–Crippen LogP) is 18.5. The van der Waals surface area contributed by atoms with Crippen molar-refractivity contribution < 1.29 is 28.6 Å². The fourth-order valence-corrected chi connectivity index (χ4v) is 8.22. The molecule has 6 heteroatoms. The summed E-state index contributed by atoms with van der Waals surface area (Å²) in [7, 11) is 0. The van der Waals surface area contributed by atoms with E-state index in [1.807, 2.05) is 0 Å². The second-order valence-corrected chi connectivity index (χ2v) is 18.8. The van der Waals surface area contributed by atoms with E-state index in [4.69, 9.17) is 14.2 Å². The second kappa shape index (κ2) is 53.2. The summed E-state index contributed by atoms with van der Waals surface area (Å²) in [4.78, 5) is 38.1. The molecule has 6 nitrogen and oxygen atoms in total. The van der Waals surface area contributed by atoms with Gasteiger partial charge < -0.3 is 14.2 Å². The van der Waals surface area contributed by atoms with Gasteiger partial charge in [0.05, 0.1) is 0 Å². The van der Waals surface area contributed by atoms with Crippen molar-refractivity contribution in [2.24, 2.45) is 0 Å². The fourth-order valence-electron chi connectivity index (χ4n) is 8.22. The van der Waals surface area contributed by atoms with Crippen LogP contribution in [0.2, 0.25) is 0 Å². The third-order valence-corrected chi connectivity index (χ3v) is 12.4. The fraction of sp³-hybridized carbons (Fsp3) is 0.845. The van der Waals surface area contributed by atoms with Crippen LogP contribution in [-0.4, -0.2) is 37.2 Å². The summed E-state index contributed by atoms with van der Waals surface area (Å²) in [5.41, 5.74) is 0. The molecule has 0 unspecified atom stereocenters. The maximum Gasteiger partial charge on any atom is 0.306 e. The molecule has 0 fully saturated rings. The SMILES string of the molecule is CC/C=C\C/C=C\C/C=C\CCCCCCCC(=O)O[C@@H](COC(=O)CCCCCCCCCCCCCC)COC(=O)CCCCCCCCCCCCCCCCCCCCC. The lowest BCUT2D eigenvalue weighted by atomic mass is 10.0. The summed E-state index contributed by atoms with van der Waals surface area (Å²) in [5, 5.41) is 0. The van der Waals surface area contributed by atoms with Gasteiger partial charge in [-0.15, -0.1) is 0 Å². The van der Waals surface area contributed by atoms with E-state index < -0.39 is 6.10 Å². The second-order valence-electron chi connectivity index (χ2n) is 18.8. The van der Waals surface area contributed by atoms with Gasteiger partial charge in [0.25, 0.3) is 0 Å². The lowest BCUT2D eigenvalue weighted by Crippen LogP contribution is -2.30. The molecule has 0 saturated carbocycles. The summed E-state index contributed by atoms with van der Waals surface area (Å²) in [6.45, 7) is 6.55. The third-order valence-electron chi connectivity index (χ3n) is 12.4. The average molecular weight is 899 g/mol. The summed E-state index contributed by atoms with van der Waals surface area (Å²) < 4.78 is 16.8. The van der Waals surface area contributed by atoms with Crippen molar-refractivity contribution in [3.63, 3.8) is 0 Å². The molecule has 0 aromatic rings. The third kappa shape index (κ3) is 50.6. The minimum absolute atomic E-state index is 0.0746. The molecule has 64 heavy (non-hydrogen) atoms. The van der Waals surface area contributed by atoms with Crippen molar-refractivity contribution in [1.29, 1.82) is 0 Å². The van der Waals surface area contributed by atoms with E-state index in [9.17, 15) is 14.4 Å². The van der Waals surface area contributed by atoms with Crippen LogP contribution in [0.4, 0.5) is 0 Å². The topological polar surface area (TPSA) is 78.9 Å². The number of rotatable bonds is 51. The van der Waals surface area contributed by atoms with Crippen LogP contribution in [0, 0.1) is 0 Å². The van der Waals surface area contributed by atoms with E-state index in [2.05, 4.69) is 57.2 Å². The normalized spacial score (nSPS) is 12.2. The molecule has 0 bridgehead atoms. The lowest BCUT2D eigenvalue weighted by molar-refractivity contribution is -0.167. The standard InChI is InChI=1S/C58H106O6/c1-4-7-10-13-16-19-22-25-27-28-29-30-32-33-36-39-42-45-48-51-57(60)63-54-55(53-62-56(59)50-47-44-41-38-35-24-21-18-15-12-9-6-3)64-58(61)52-49-46-43-40-37-34-31-26-23-20-17-14-11-8-5-2/h8,11,17,20,26,31,55H,4-7,9-10,12-16,18-19,21-25,27-30,32-54H2,1-3H3/b11-8-,20-17-,31-26-/t55-/m0/s1. The molecule has 0 aromatic heterocycles. The number of esters is 3. The molecule has 0 saturated heterocycles. The highest BCUT2D eigenvalue weighted by Crippen LogP contribution is 2.17. The van der Waals surface area contributed by atoms with E-state index in [0.717, 1.165) is 96.3 Å². The highest BCUT2D eigenvalue weighted by Gasteiger charge is 2.19. The van der Waals surface area contributed by atoms with Gasteiger partial charge in [-0.05, 0) is 51.4 Å². The molecule has 0 amide bonds. The Labute approximate surface area is 397 Å². The molecule has 374 valence electrons. The molecular formula is C58H106O6. The van der Waals surface area contributed by atoms with Gasteiger partial charge >= 0.3 is 17.9 Å². The first-order chi connectivity index (χ1) is 31.5. The van der Waals surface area contributed by atoms with Crippen LogP contribution in [-0.2, 0) is 28.6 Å². The first-order valence-electron chi connectivity index (χ1n) is 28.0. The zero-order chi connectivity index (χ0) is 46.5. The van der Waals surface area contributed by atoms with Crippen molar-refractivity contribution in [1.82, 2.24) is 0 Å². The van der Waals surface area contributed by atoms with Crippen LogP contribution in [0.3, 0.4) is 0 Å². The number of hydrogen-bond donors (Lipinski definition) is 0. The predicted molar refractivity (Wildman–Crippen MR) is 275 cm³/mol. The first-order valence-corrected chi connectivity index (χ1v) is 28.0. The largest absolute Gasteiger partial charge is 0.462 e. The van der Waals surface area contributed by atoms with Crippen LogP contribution in [0.1, 0.15) is 297 Å². The van der Waals surface area contributed by atoms with Crippen LogP contribution < -0.4 is 0 Å². The molecule has 0 aliphatic heterocycles. The smallest absolute Gasteiger partial charge is 0.306 e. The molecule has 0 radical (unpaired) electrons. The molecule has 0 spiro atoms. The average Bonchev–Trinajstić information content (AvgIpc) is 3.29. The Hall–Kier alpha value is -2.37. The lowest BCUT2D eigenvalue weighted by Gasteiger charge is -2.18. The van der Waals surface area contributed by atoms with Crippen LogP contribution >= 0.6 is 0 Å². The van der Waals surface area contributed by atoms with Crippen molar-refractivity contribution in [2.75, 3.05) is 13.2 Å². The summed E-state index contributed by atoms with van der Waals surface area (Å²) in [6, 6.07) is 0. The van der Waals surface area contributed by atoms with Crippen LogP contribution in [0.15, 0.2) is 36.5 Å². The Morgan fingerprint density at radius 3 is 0.953 bits per heavy atom. The number of allylic oxidation sites excluding steroid dienone is 6. The first kappa shape index (κ1) is 61.6. The molecule has 0 heterocycles. The van der Waals surface area contributed by atoms with Gasteiger partial charge in [-0.25, -0.2) is 0 Å². The minimum Gasteiger partial charge on any atom is -0.462 e. The van der Waals surface area contributed by atoms with Gasteiger partial charge in [-0.2, -0.15) is 0 Å². The number of ether oxygens (including phenoxy) is 3. The zero-order valence-corrected chi connectivity index (χ0v) is 42.8. The van der Waals surface area contributed by atoms with Crippen molar-refractivity contribution >= 4 is 17.9 Å². The van der Waals surface area contributed by atoms with Gasteiger partial charge in [-0.3, -0.25) is 14.4 Å². The Balaban J connectivity index is 4.31. The Morgan fingerprint density at radius 2 is 0.609 bits per heavy atom. The molecule has 0 N–H and O–H groups in total. The number of carbonyl (C=O) groups excluding carboxylic acids is 3. The van der Waals surface area contributed by atoms with Crippen molar-refractivity contribution in [3.05, 3.63) is 36.5 Å². The van der Waals surface area contributed by atoms with E-state index in [-0.39, 0.29) is 31.1 Å². The van der Waals surface area contributed by atoms with Crippen molar-refractivity contribution in [3.8, 4) is 0 Å². The molecular weight excluding hydrogens is 793 g/mol. The van der Waals surface area contributed by atoms with E-state index in [1.54, 1.807) is 0 Å². The monoisotopic (exact) mass is 899 g/mol. The van der Waals surface area contributed by atoms with E-state index in [0.29, 0.717) is 19.3 Å². The Bertz CT molecular complexity index is 1080. The van der Waals surface area contributed by atoms with Crippen LogP contribution in [0.5, 0.6) is 0 Å². The van der Waals surface area contributed by atoms with E-state index in [1.165, 1.54) is 161 Å². The maximum atomic E-state index is 12.8. The molecule has 0 aliphatic rings. The summed E-state index contributed by atoms with van der Waals surface area (Å²) in [5.74, 6) is -0.875. The summed E-state index contributed by atoms with van der Waals surface area (Å²) >= 11 is 0. The van der Waals surface area contributed by atoms with Gasteiger partial charge in [0.15, 0.2) is 6.10 Å². The van der Waals surface area contributed by atoms with Gasteiger partial charge in [0, 0.05) is 19.3 Å². The molecule has 0 aromatic carbocycles. The molecule has 0 rings (SSSR count). The van der Waals surface area contributed by atoms with Crippen LogP contribution in [0.25, 0.3) is 0 Å². The maximum absolute atomic E-state index is 12.8. The minimum atomic E-state index is -0.776. The Kier molecular flexibility index (Phi) is 51.3. The molecule has 1 atom stereocenters. The quantitative estimate of drug-likeness (QED) is 0.0262. The highest BCUT2D eigenvalue weighted by atomic mass is 16.6. The van der Waals surface area contributed by atoms with Gasteiger partial charge in [0.1, 0.15) is 13.2 Å².